The summed E-state index contributed by atoms with van der Waals surface area (Å²) in [6.45, 7) is 2.49. The summed E-state index contributed by atoms with van der Waals surface area (Å²) in [4.78, 5) is 24.3. The third-order valence-corrected chi connectivity index (χ3v) is 7.17. The quantitative estimate of drug-likeness (QED) is 0.721. The van der Waals surface area contributed by atoms with Gasteiger partial charge in [-0.05, 0) is 37.1 Å². The van der Waals surface area contributed by atoms with E-state index in [1.165, 1.54) is 23.4 Å². The molecule has 28 heavy (non-hydrogen) atoms. The Morgan fingerprint density at radius 1 is 1.18 bits per heavy atom. The van der Waals surface area contributed by atoms with Crippen molar-refractivity contribution >= 4 is 39.1 Å². The second-order valence-corrected chi connectivity index (χ2v) is 9.78. The van der Waals surface area contributed by atoms with Gasteiger partial charge >= 0.3 is 0 Å². The highest BCUT2D eigenvalue weighted by Gasteiger charge is 2.21. The molecule has 8 heteroatoms. The molecule has 148 valence electrons. The summed E-state index contributed by atoms with van der Waals surface area (Å²) in [6, 6.07) is 12.7. The summed E-state index contributed by atoms with van der Waals surface area (Å²) in [7, 11) is -3.57. The molecule has 0 unspecified atom stereocenters. The summed E-state index contributed by atoms with van der Waals surface area (Å²) >= 11 is 1.31. The second kappa shape index (κ2) is 8.79. The van der Waals surface area contributed by atoms with Crippen LogP contribution in [0.5, 0.6) is 0 Å². The number of rotatable bonds is 7. The molecule has 1 heterocycles. The number of amides is 2. The van der Waals surface area contributed by atoms with Crippen molar-refractivity contribution < 1.29 is 18.0 Å². The van der Waals surface area contributed by atoms with E-state index in [4.69, 9.17) is 0 Å². The molecule has 0 saturated heterocycles. The van der Waals surface area contributed by atoms with Gasteiger partial charge in [0.15, 0.2) is 9.84 Å². The normalized spacial score (nSPS) is 13.5. The Morgan fingerprint density at radius 2 is 1.93 bits per heavy atom. The number of carbonyl (C=O) groups is 2. The molecule has 0 fully saturated rings. The van der Waals surface area contributed by atoms with Gasteiger partial charge in [-0.25, -0.2) is 8.42 Å². The maximum atomic E-state index is 12.5. The molecule has 1 aliphatic heterocycles. The third kappa shape index (κ3) is 5.36. The first-order valence-corrected chi connectivity index (χ1v) is 11.6. The molecule has 2 amide bonds. The molecular weight excluding hydrogens is 396 g/mol. The molecule has 6 nitrogen and oxygen atoms in total. The highest BCUT2D eigenvalue weighted by Crippen LogP contribution is 2.33. The van der Waals surface area contributed by atoms with Crippen molar-refractivity contribution in [3.05, 3.63) is 53.6 Å². The summed E-state index contributed by atoms with van der Waals surface area (Å²) in [5.74, 6) is -0.371. The lowest BCUT2D eigenvalue weighted by atomic mass is 10.1. The number of hydrogen-bond acceptors (Lipinski definition) is 5. The third-order valence-electron chi connectivity index (χ3n) is 4.40. The van der Waals surface area contributed by atoms with Crippen molar-refractivity contribution in [1.29, 1.82) is 0 Å². The number of carbonyl (C=O) groups excluding carboxylic acids is 2. The fourth-order valence-electron chi connectivity index (χ4n) is 2.78. The monoisotopic (exact) mass is 418 g/mol. The van der Waals surface area contributed by atoms with E-state index in [-0.39, 0.29) is 34.6 Å². The summed E-state index contributed by atoms with van der Waals surface area (Å²) in [5.41, 5.74) is 2.92. The fraction of sp³-hybridized carbons (Fsp3) is 0.300. The lowest BCUT2D eigenvalue weighted by molar-refractivity contribution is -0.120. The van der Waals surface area contributed by atoms with Crippen LogP contribution in [0.15, 0.2) is 52.3 Å². The lowest BCUT2D eigenvalue weighted by Gasteiger charge is -2.17. The molecule has 0 radical (unpaired) electrons. The maximum absolute atomic E-state index is 12.5. The fourth-order valence-corrected chi connectivity index (χ4v) is 4.96. The molecule has 0 bridgehead atoms. The summed E-state index contributed by atoms with van der Waals surface area (Å²) in [6.07, 6.45) is 0.615. The van der Waals surface area contributed by atoms with Crippen molar-refractivity contribution in [2.45, 2.75) is 29.6 Å². The van der Waals surface area contributed by atoms with E-state index in [2.05, 4.69) is 10.6 Å². The second-order valence-electron chi connectivity index (χ2n) is 6.65. The number of nitrogens with one attached hydrogen (secondary N) is 2. The number of thioether (sulfide) groups is 1. The Kier molecular flexibility index (Phi) is 6.41. The topological polar surface area (TPSA) is 92.3 Å². The van der Waals surface area contributed by atoms with E-state index in [9.17, 15) is 18.0 Å². The van der Waals surface area contributed by atoms with E-state index in [0.717, 1.165) is 10.5 Å². The molecule has 0 aliphatic carbocycles. The van der Waals surface area contributed by atoms with Gasteiger partial charge in [-0.1, -0.05) is 29.8 Å². The van der Waals surface area contributed by atoms with Crippen molar-refractivity contribution in [3.8, 4) is 0 Å². The van der Waals surface area contributed by atoms with E-state index in [0.29, 0.717) is 18.7 Å². The van der Waals surface area contributed by atoms with Crippen LogP contribution >= 0.6 is 11.8 Å². The minimum atomic E-state index is -3.57. The first kappa shape index (κ1) is 20.4. The van der Waals surface area contributed by atoms with Crippen molar-refractivity contribution in [1.82, 2.24) is 5.32 Å². The Bertz CT molecular complexity index is 986. The van der Waals surface area contributed by atoms with Gasteiger partial charge in [0, 0.05) is 17.9 Å². The standard InChI is InChI=1S/C20H22N2O4S2/c1-14-2-4-15(5-3-14)8-10-21-19(23)9-11-28(25,26)16-6-7-17-18(12-16)27-13-20(24)22-17/h2-7,12H,8-11,13H2,1H3,(H,21,23)(H,22,24). The molecule has 2 N–H and O–H groups in total. The van der Waals surface area contributed by atoms with E-state index in [1.807, 2.05) is 31.2 Å². The molecular formula is C20H22N2O4S2. The molecule has 3 rings (SSSR count). The SMILES string of the molecule is Cc1ccc(CCNC(=O)CCS(=O)(=O)c2ccc3c(c2)SCC(=O)N3)cc1. The number of aryl methyl sites for hydroxylation is 1. The zero-order chi connectivity index (χ0) is 20.1. The molecule has 0 saturated carbocycles. The van der Waals surface area contributed by atoms with Gasteiger partial charge < -0.3 is 10.6 Å². The van der Waals surface area contributed by atoms with E-state index < -0.39 is 9.84 Å². The molecule has 1 aliphatic rings. The largest absolute Gasteiger partial charge is 0.356 e. The lowest BCUT2D eigenvalue weighted by Crippen LogP contribution is -2.27. The molecule has 0 spiro atoms. The maximum Gasteiger partial charge on any atom is 0.234 e. The highest BCUT2D eigenvalue weighted by molar-refractivity contribution is 8.00. The molecule has 0 atom stereocenters. The zero-order valence-electron chi connectivity index (χ0n) is 15.5. The van der Waals surface area contributed by atoms with Crippen molar-refractivity contribution in [2.24, 2.45) is 0 Å². The summed E-state index contributed by atoms with van der Waals surface area (Å²) < 4.78 is 25.1. The predicted molar refractivity (Wildman–Crippen MR) is 110 cm³/mol. The van der Waals surface area contributed by atoms with Crippen LogP contribution in [0.3, 0.4) is 0 Å². The van der Waals surface area contributed by atoms with E-state index in [1.54, 1.807) is 12.1 Å². The van der Waals surface area contributed by atoms with E-state index >= 15 is 0 Å². The van der Waals surface area contributed by atoms with Crippen molar-refractivity contribution in [3.63, 3.8) is 0 Å². The summed E-state index contributed by atoms with van der Waals surface area (Å²) in [5, 5.41) is 5.48. The van der Waals surface area contributed by atoms with Gasteiger partial charge in [-0.15, -0.1) is 11.8 Å². The number of sulfone groups is 1. The van der Waals surface area contributed by atoms with Gasteiger partial charge in [-0.2, -0.15) is 0 Å². The van der Waals surface area contributed by atoms with Crippen molar-refractivity contribution in [2.75, 3.05) is 23.4 Å². The van der Waals surface area contributed by atoms with Crippen LogP contribution < -0.4 is 10.6 Å². The van der Waals surface area contributed by atoms with Gasteiger partial charge in [0.25, 0.3) is 0 Å². The number of anilines is 1. The van der Waals surface area contributed by atoms with Crippen LogP contribution in [0.2, 0.25) is 0 Å². The first-order chi connectivity index (χ1) is 13.3. The van der Waals surface area contributed by atoms with Gasteiger partial charge in [0.05, 0.1) is 22.1 Å². The molecule has 0 aromatic heterocycles. The smallest absolute Gasteiger partial charge is 0.234 e. The number of fused-ring (bicyclic) bond motifs is 1. The Hall–Kier alpha value is -2.32. The van der Waals surface area contributed by atoms with Crippen LogP contribution in [-0.2, 0) is 25.8 Å². The Labute approximate surface area is 169 Å². The minimum Gasteiger partial charge on any atom is -0.356 e. The van der Waals surface area contributed by atoms with Crippen LogP contribution in [0.1, 0.15) is 17.5 Å². The van der Waals surface area contributed by atoms with Gasteiger partial charge in [0.1, 0.15) is 0 Å². The van der Waals surface area contributed by atoms with Crippen LogP contribution in [0.25, 0.3) is 0 Å². The molecule has 2 aromatic carbocycles. The molecule has 2 aromatic rings. The number of hydrogen-bond donors (Lipinski definition) is 2. The Morgan fingerprint density at radius 3 is 2.68 bits per heavy atom. The average Bonchev–Trinajstić information content (AvgIpc) is 2.67. The van der Waals surface area contributed by atoms with Gasteiger partial charge in [0.2, 0.25) is 11.8 Å². The minimum absolute atomic E-state index is 0.0861. The van der Waals surface area contributed by atoms with Crippen LogP contribution in [-0.4, -0.2) is 38.3 Å². The zero-order valence-corrected chi connectivity index (χ0v) is 17.2. The van der Waals surface area contributed by atoms with Crippen LogP contribution in [0.4, 0.5) is 5.69 Å². The Balaban J connectivity index is 1.51. The average molecular weight is 419 g/mol. The van der Waals surface area contributed by atoms with Crippen LogP contribution in [0, 0.1) is 6.92 Å². The first-order valence-electron chi connectivity index (χ1n) is 8.95. The predicted octanol–water partition coefficient (Wildman–Crippen LogP) is 2.56. The number of benzene rings is 2. The highest BCUT2D eigenvalue weighted by atomic mass is 32.2. The van der Waals surface area contributed by atoms with Gasteiger partial charge in [-0.3, -0.25) is 9.59 Å².